The number of aliphatic hydroxyl groups excluding tert-OH is 1. The van der Waals surface area contributed by atoms with Crippen molar-refractivity contribution in [3.63, 3.8) is 0 Å². The van der Waals surface area contributed by atoms with Gasteiger partial charge in [-0.2, -0.15) is 0 Å². The molecule has 2 nitrogen and oxygen atoms in total. The Hall–Kier alpha value is -1.46. The minimum atomic E-state index is -0.578. The minimum absolute atomic E-state index is 0.157. The molecule has 80 valence electrons. The Bertz CT molecular complexity index is 348. The highest BCUT2D eigenvalue weighted by molar-refractivity contribution is 5.46. The Balaban J connectivity index is 2.85. The van der Waals surface area contributed by atoms with Crippen molar-refractivity contribution in [2.24, 2.45) is 5.92 Å². The number of terminal acetylenes is 1. The van der Waals surface area contributed by atoms with Crippen LogP contribution in [0, 0.1) is 18.3 Å². The van der Waals surface area contributed by atoms with Crippen molar-refractivity contribution in [1.29, 1.82) is 0 Å². The lowest BCUT2D eigenvalue weighted by molar-refractivity contribution is 0.144. The van der Waals surface area contributed by atoms with E-state index in [1.165, 1.54) is 0 Å². The van der Waals surface area contributed by atoms with Crippen LogP contribution in [0.2, 0.25) is 0 Å². The summed E-state index contributed by atoms with van der Waals surface area (Å²) in [5.74, 6) is 2.38. The van der Waals surface area contributed by atoms with Gasteiger partial charge in [0.2, 0.25) is 0 Å². The number of benzene rings is 1. The quantitative estimate of drug-likeness (QED) is 0.760. The standard InChI is InChI=1S/C13H17NO/c1-5-10(2)13(15)11-6-8-12(9-7-11)14(3)4/h1,6-10,13,15H,2-4H3/t10-,13?/m1/s1. The third-order valence-corrected chi connectivity index (χ3v) is 2.49. The summed E-state index contributed by atoms with van der Waals surface area (Å²) in [6.07, 6.45) is 4.69. The number of aliphatic hydroxyl groups is 1. The molecule has 1 aromatic carbocycles. The zero-order valence-electron chi connectivity index (χ0n) is 9.44. The topological polar surface area (TPSA) is 23.5 Å². The van der Waals surface area contributed by atoms with Crippen molar-refractivity contribution in [2.75, 3.05) is 19.0 Å². The van der Waals surface area contributed by atoms with Gasteiger partial charge in [-0.05, 0) is 24.6 Å². The van der Waals surface area contributed by atoms with Crippen LogP contribution in [-0.2, 0) is 0 Å². The van der Waals surface area contributed by atoms with E-state index in [-0.39, 0.29) is 5.92 Å². The highest BCUT2D eigenvalue weighted by atomic mass is 16.3. The van der Waals surface area contributed by atoms with E-state index in [2.05, 4.69) is 5.92 Å². The van der Waals surface area contributed by atoms with Gasteiger partial charge >= 0.3 is 0 Å². The van der Waals surface area contributed by atoms with Crippen LogP contribution < -0.4 is 4.90 Å². The van der Waals surface area contributed by atoms with Gasteiger partial charge in [-0.1, -0.05) is 12.1 Å². The Kier molecular flexibility index (Phi) is 3.76. The molecule has 1 aromatic rings. The van der Waals surface area contributed by atoms with E-state index in [1.807, 2.05) is 50.2 Å². The molecule has 2 atom stereocenters. The van der Waals surface area contributed by atoms with E-state index >= 15 is 0 Å². The smallest absolute Gasteiger partial charge is 0.0924 e. The molecular formula is C13H17NO. The molecule has 0 heterocycles. The Morgan fingerprint density at radius 1 is 1.27 bits per heavy atom. The molecule has 0 bridgehead atoms. The van der Waals surface area contributed by atoms with Crippen LogP contribution in [-0.4, -0.2) is 19.2 Å². The number of hydrogen-bond donors (Lipinski definition) is 1. The van der Waals surface area contributed by atoms with Crippen LogP contribution in [0.3, 0.4) is 0 Å². The second kappa shape index (κ2) is 4.86. The zero-order chi connectivity index (χ0) is 11.4. The molecule has 0 radical (unpaired) electrons. The molecule has 0 aliphatic carbocycles. The van der Waals surface area contributed by atoms with Crippen molar-refractivity contribution in [2.45, 2.75) is 13.0 Å². The van der Waals surface area contributed by atoms with E-state index in [9.17, 15) is 5.11 Å². The predicted octanol–water partition coefficient (Wildman–Crippen LogP) is 2.06. The maximum atomic E-state index is 9.86. The molecule has 1 unspecified atom stereocenters. The third kappa shape index (κ3) is 2.74. The average molecular weight is 203 g/mol. The second-order valence-corrected chi connectivity index (χ2v) is 3.89. The Morgan fingerprint density at radius 2 is 1.80 bits per heavy atom. The van der Waals surface area contributed by atoms with Crippen molar-refractivity contribution in [3.05, 3.63) is 29.8 Å². The second-order valence-electron chi connectivity index (χ2n) is 3.89. The lowest BCUT2D eigenvalue weighted by Gasteiger charge is -2.16. The van der Waals surface area contributed by atoms with Gasteiger partial charge in [0.05, 0.1) is 6.10 Å². The van der Waals surface area contributed by atoms with Gasteiger partial charge in [0.25, 0.3) is 0 Å². The lowest BCUT2D eigenvalue weighted by atomic mass is 9.98. The number of rotatable bonds is 3. The average Bonchev–Trinajstić information content (AvgIpc) is 2.27. The summed E-state index contributed by atoms with van der Waals surface area (Å²) in [6, 6.07) is 7.77. The molecule has 0 spiro atoms. The van der Waals surface area contributed by atoms with Gasteiger partial charge in [-0.15, -0.1) is 12.3 Å². The Labute approximate surface area is 91.5 Å². The fourth-order valence-electron chi connectivity index (χ4n) is 1.35. The first-order valence-electron chi connectivity index (χ1n) is 4.97. The maximum Gasteiger partial charge on any atom is 0.0924 e. The SMILES string of the molecule is C#C[C@@H](C)C(O)c1ccc(N(C)C)cc1. The van der Waals surface area contributed by atoms with Gasteiger partial charge in [-0.25, -0.2) is 0 Å². The van der Waals surface area contributed by atoms with Crippen LogP contribution in [0.1, 0.15) is 18.6 Å². The van der Waals surface area contributed by atoms with Gasteiger partial charge in [0, 0.05) is 25.7 Å². The summed E-state index contributed by atoms with van der Waals surface area (Å²) in [5.41, 5.74) is 1.98. The summed E-state index contributed by atoms with van der Waals surface area (Å²) in [6.45, 7) is 1.84. The van der Waals surface area contributed by atoms with Crippen molar-refractivity contribution in [1.82, 2.24) is 0 Å². The first-order valence-corrected chi connectivity index (χ1v) is 4.97. The van der Waals surface area contributed by atoms with E-state index < -0.39 is 6.10 Å². The van der Waals surface area contributed by atoms with Gasteiger partial charge in [0.15, 0.2) is 0 Å². The van der Waals surface area contributed by atoms with Crippen LogP contribution in [0.5, 0.6) is 0 Å². The van der Waals surface area contributed by atoms with Crippen LogP contribution in [0.4, 0.5) is 5.69 Å². The monoisotopic (exact) mass is 203 g/mol. The van der Waals surface area contributed by atoms with Crippen molar-refractivity contribution < 1.29 is 5.11 Å². The highest BCUT2D eigenvalue weighted by Gasteiger charge is 2.13. The van der Waals surface area contributed by atoms with E-state index in [4.69, 9.17) is 6.42 Å². The first kappa shape index (κ1) is 11.6. The highest BCUT2D eigenvalue weighted by Crippen LogP contribution is 2.23. The van der Waals surface area contributed by atoms with Crippen LogP contribution >= 0.6 is 0 Å². The van der Waals surface area contributed by atoms with Gasteiger partial charge in [-0.3, -0.25) is 0 Å². The van der Waals surface area contributed by atoms with E-state index in [0.717, 1.165) is 11.3 Å². The summed E-state index contributed by atoms with van der Waals surface area (Å²) in [7, 11) is 3.96. The van der Waals surface area contributed by atoms with Crippen LogP contribution in [0.15, 0.2) is 24.3 Å². The minimum Gasteiger partial charge on any atom is -0.387 e. The van der Waals surface area contributed by atoms with Gasteiger partial charge < -0.3 is 10.0 Å². The fourth-order valence-corrected chi connectivity index (χ4v) is 1.35. The Morgan fingerprint density at radius 3 is 2.20 bits per heavy atom. The molecule has 15 heavy (non-hydrogen) atoms. The molecule has 0 fully saturated rings. The molecule has 0 saturated carbocycles. The molecule has 0 amide bonds. The van der Waals surface area contributed by atoms with Crippen molar-refractivity contribution in [3.8, 4) is 12.3 Å². The molecule has 0 aliphatic heterocycles. The maximum absolute atomic E-state index is 9.86. The molecule has 0 aliphatic rings. The third-order valence-electron chi connectivity index (χ3n) is 2.49. The number of hydrogen-bond acceptors (Lipinski definition) is 2. The van der Waals surface area contributed by atoms with Crippen LogP contribution in [0.25, 0.3) is 0 Å². The predicted molar refractivity (Wildman–Crippen MR) is 63.7 cm³/mol. The normalized spacial score (nSPS) is 14.1. The molecular weight excluding hydrogens is 186 g/mol. The number of anilines is 1. The molecule has 1 N–H and O–H groups in total. The molecule has 2 heteroatoms. The summed E-state index contributed by atoms with van der Waals surface area (Å²) in [5, 5.41) is 9.86. The van der Waals surface area contributed by atoms with Crippen molar-refractivity contribution >= 4 is 5.69 Å². The number of nitrogens with zero attached hydrogens (tertiary/aromatic N) is 1. The lowest BCUT2D eigenvalue weighted by Crippen LogP contribution is -2.10. The fraction of sp³-hybridized carbons (Fsp3) is 0.385. The van der Waals surface area contributed by atoms with Gasteiger partial charge in [0.1, 0.15) is 0 Å². The van der Waals surface area contributed by atoms with E-state index in [0.29, 0.717) is 0 Å². The summed E-state index contributed by atoms with van der Waals surface area (Å²) >= 11 is 0. The first-order chi connectivity index (χ1) is 7.06. The molecule has 0 saturated heterocycles. The summed E-state index contributed by atoms with van der Waals surface area (Å²) in [4.78, 5) is 2.01. The molecule has 1 rings (SSSR count). The zero-order valence-corrected chi connectivity index (χ0v) is 9.44. The van der Waals surface area contributed by atoms with E-state index in [1.54, 1.807) is 0 Å². The molecule has 0 aromatic heterocycles. The summed E-state index contributed by atoms with van der Waals surface area (Å²) < 4.78 is 0. The largest absolute Gasteiger partial charge is 0.387 e.